The van der Waals surface area contributed by atoms with E-state index in [1.807, 2.05) is 43.4 Å². The molecule has 0 unspecified atom stereocenters. The van der Waals surface area contributed by atoms with Crippen LogP contribution in [0.1, 0.15) is 39.0 Å². The van der Waals surface area contributed by atoms with Gasteiger partial charge in [0.05, 0.1) is 17.9 Å². The first-order valence-electron chi connectivity index (χ1n) is 12.0. The lowest BCUT2D eigenvalue weighted by molar-refractivity contribution is -0.121. The number of thioether (sulfide) groups is 1. The second-order valence-electron chi connectivity index (χ2n) is 8.35. The Bertz CT molecular complexity index is 902. The van der Waals surface area contributed by atoms with Crippen molar-refractivity contribution in [1.82, 2.24) is 20.2 Å². The standard InChI is InChI=1S/C27H36N4OS/c1-3-4-5-6-13-18-28-24(32)21-31(2)19-20-33-27-29-25(22-14-9-7-10-15-22)26(30-27)23-16-11-8-12-17-23/h7-12,14-17H,3-6,13,18-21H2,1-2H3,(H,28,32)(H,29,30). The van der Waals surface area contributed by atoms with Crippen molar-refractivity contribution in [3.8, 4) is 22.5 Å². The molecule has 176 valence electrons. The number of rotatable bonds is 14. The molecule has 0 saturated heterocycles. The summed E-state index contributed by atoms with van der Waals surface area (Å²) in [5.74, 6) is 0.963. The first-order chi connectivity index (χ1) is 16.2. The quantitative estimate of drug-likeness (QED) is 0.232. The van der Waals surface area contributed by atoms with Crippen LogP contribution in [0, 0.1) is 0 Å². The highest BCUT2D eigenvalue weighted by Crippen LogP contribution is 2.32. The van der Waals surface area contributed by atoms with Crippen molar-refractivity contribution in [1.29, 1.82) is 0 Å². The van der Waals surface area contributed by atoms with Crippen LogP contribution >= 0.6 is 11.8 Å². The number of amides is 1. The monoisotopic (exact) mass is 464 g/mol. The fourth-order valence-electron chi connectivity index (χ4n) is 3.67. The van der Waals surface area contributed by atoms with Crippen LogP contribution in [-0.4, -0.2) is 53.2 Å². The van der Waals surface area contributed by atoms with Crippen LogP contribution in [0.15, 0.2) is 65.8 Å². The Balaban J connectivity index is 1.49. The van der Waals surface area contributed by atoms with Gasteiger partial charge in [0, 0.05) is 30.0 Å². The fraction of sp³-hybridized carbons (Fsp3) is 0.407. The summed E-state index contributed by atoms with van der Waals surface area (Å²) in [5, 5.41) is 3.94. The van der Waals surface area contributed by atoms with Gasteiger partial charge in [0.15, 0.2) is 5.16 Å². The number of H-pyrrole nitrogens is 1. The average molecular weight is 465 g/mol. The molecule has 0 bridgehead atoms. The maximum Gasteiger partial charge on any atom is 0.234 e. The van der Waals surface area contributed by atoms with Crippen LogP contribution in [0.3, 0.4) is 0 Å². The number of carbonyl (C=O) groups is 1. The normalized spacial score (nSPS) is 11.1. The highest BCUT2D eigenvalue weighted by atomic mass is 32.2. The molecule has 0 aliphatic rings. The van der Waals surface area contributed by atoms with Crippen molar-refractivity contribution in [2.75, 3.05) is 32.4 Å². The van der Waals surface area contributed by atoms with Gasteiger partial charge in [0.25, 0.3) is 0 Å². The van der Waals surface area contributed by atoms with Crippen LogP contribution in [0.2, 0.25) is 0 Å². The average Bonchev–Trinajstić information content (AvgIpc) is 3.26. The van der Waals surface area contributed by atoms with Crippen molar-refractivity contribution >= 4 is 17.7 Å². The lowest BCUT2D eigenvalue weighted by Gasteiger charge is -2.15. The molecule has 1 heterocycles. The Morgan fingerprint density at radius 3 is 2.33 bits per heavy atom. The molecule has 33 heavy (non-hydrogen) atoms. The van der Waals surface area contributed by atoms with Crippen molar-refractivity contribution in [3.63, 3.8) is 0 Å². The third kappa shape index (κ3) is 8.37. The molecule has 0 aliphatic carbocycles. The van der Waals surface area contributed by atoms with Gasteiger partial charge in [-0.25, -0.2) is 4.98 Å². The third-order valence-corrected chi connectivity index (χ3v) is 6.37. The minimum absolute atomic E-state index is 0.105. The summed E-state index contributed by atoms with van der Waals surface area (Å²) in [4.78, 5) is 22.6. The van der Waals surface area contributed by atoms with E-state index in [4.69, 9.17) is 4.98 Å². The van der Waals surface area contributed by atoms with Crippen LogP contribution in [0.25, 0.3) is 22.5 Å². The highest BCUT2D eigenvalue weighted by Gasteiger charge is 2.14. The third-order valence-electron chi connectivity index (χ3n) is 5.52. The predicted molar refractivity (Wildman–Crippen MR) is 139 cm³/mol. The number of hydrogen-bond donors (Lipinski definition) is 2. The fourth-order valence-corrected chi connectivity index (χ4v) is 4.60. The maximum absolute atomic E-state index is 12.2. The molecule has 5 nitrogen and oxygen atoms in total. The van der Waals surface area contributed by atoms with Gasteiger partial charge in [-0.1, -0.05) is 105 Å². The van der Waals surface area contributed by atoms with Crippen LogP contribution < -0.4 is 5.32 Å². The first kappa shape index (κ1) is 25.1. The summed E-state index contributed by atoms with van der Waals surface area (Å²) < 4.78 is 0. The van der Waals surface area contributed by atoms with E-state index >= 15 is 0 Å². The van der Waals surface area contributed by atoms with Gasteiger partial charge in [0.2, 0.25) is 5.91 Å². The Morgan fingerprint density at radius 1 is 0.970 bits per heavy atom. The molecule has 0 atom stereocenters. The lowest BCUT2D eigenvalue weighted by Crippen LogP contribution is -2.36. The number of carbonyl (C=O) groups excluding carboxylic acids is 1. The molecule has 2 aromatic carbocycles. The Hall–Kier alpha value is -2.57. The summed E-state index contributed by atoms with van der Waals surface area (Å²) in [7, 11) is 1.99. The van der Waals surface area contributed by atoms with Gasteiger partial charge in [-0.2, -0.15) is 0 Å². The number of hydrogen-bond acceptors (Lipinski definition) is 4. The molecule has 1 aromatic heterocycles. The van der Waals surface area contributed by atoms with Gasteiger partial charge in [-0.05, 0) is 13.5 Å². The molecule has 6 heteroatoms. The second-order valence-corrected chi connectivity index (χ2v) is 9.43. The number of unbranched alkanes of at least 4 members (excludes halogenated alkanes) is 4. The molecule has 3 rings (SSSR count). The minimum atomic E-state index is 0.105. The largest absolute Gasteiger partial charge is 0.355 e. The van der Waals surface area contributed by atoms with Gasteiger partial charge in [-0.15, -0.1) is 0 Å². The summed E-state index contributed by atoms with van der Waals surface area (Å²) in [5.41, 5.74) is 4.23. The van der Waals surface area contributed by atoms with Crippen molar-refractivity contribution < 1.29 is 4.79 Å². The Morgan fingerprint density at radius 2 is 1.64 bits per heavy atom. The summed E-state index contributed by atoms with van der Waals surface area (Å²) in [6.07, 6.45) is 6.04. The number of aromatic amines is 1. The van der Waals surface area contributed by atoms with E-state index in [0.29, 0.717) is 6.54 Å². The number of benzene rings is 2. The SMILES string of the molecule is CCCCCCCNC(=O)CN(C)CCSc1nc(-c2ccccc2)c(-c2ccccc2)[nH]1. The van der Waals surface area contributed by atoms with Gasteiger partial charge < -0.3 is 10.3 Å². The van der Waals surface area contributed by atoms with E-state index in [-0.39, 0.29) is 5.91 Å². The lowest BCUT2D eigenvalue weighted by atomic mass is 10.1. The summed E-state index contributed by atoms with van der Waals surface area (Å²) in [6.45, 7) is 4.24. The Labute approximate surface area is 202 Å². The van der Waals surface area contributed by atoms with E-state index in [9.17, 15) is 4.79 Å². The zero-order chi connectivity index (χ0) is 23.3. The first-order valence-corrected chi connectivity index (χ1v) is 12.9. The molecule has 0 spiro atoms. The van der Waals surface area contributed by atoms with Gasteiger partial charge in [0.1, 0.15) is 0 Å². The highest BCUT2D eigenvalue weighted by molar-refractivity contribution is 7.99. The Kier molecular flexibility index (Phi) is 10.5. The maximum atomic E-state index is 12.2. The molecular formula is C27H36N4OS. The topological polar surface area (TPSA) is 61.0 Å². The number of imidazole rings is 1. The second kappa shape index (κ2) is 13.9. The molecule has 0 radical (unpaired) electrons. The molecule has 1 amide bonds. The van der Waals surface area contributed by atoms with Gasteiger partial charge >= 0.3 is 0 Å². The van der Waals surface area contributed by atoms with E-state index < -0.39 is 0 Å². The number of likely N-dealkylation sites (N-methyl/N-ethyl adjacent to an activating group) is 1. The zero-order valence-corrected chi connectivity index (χ0v) is 20.7. The van der Waals surface area contributed by atoms with Crippen molar-refractivity contribution in [2.45, 2.75) is 44.2 Å². The molecule has 3 aromatic rings. The van der Waals surface area contributed by atoms with E-state index in [1.54, 1.807) is 11.8 Å². The van der Waals surface area contributed by atoms with Gasteiger partial charge in [-0.3, -0.25) is 9.69 Å². The predicted octanol–water partition coefficient (Wildman–Crippen LogP) is 5.85. The number of nitrogens with one attached hydrogen (secondary N) is 2. The van der Waals surface area contributed by atoms with Crippen LogP contribution in [0.4, 0.5) is 0 Å². The smallest absolute Gasteiger partial charge is 0.234 e. The van der Waals surface area contributed by atoms with Crippen molar-refractivity contribution in [3.05, 3.63) is 60.7 Å². The number of aromatic nitrogens is 2. The van der Waals surface area contributed by atoms with Crippen LogP contribution in [0.5, 0.6) is 0 Å². The molecule has 0 aliphatic heterocycles. The van der Waals surface area contributed by atoms with E-state index in [0.717, 1.165) is 52.9 Å². The van der Waals surface area contributed by atoms with Crippen molar-refractivity contribution in [2.24, 2.45) is 0 Å². The molecule has 0 fully saturated rings. The van der Waals surface area contributed by atoms with Crippen LogP contribution in [-0.2, 0) is 4.79 Å². The summed E-state index contributed by atoms with van der Waals surface area (Å²) >= 11 is 1.69. The summed E-state index contributed by atoms with van der Waals surface area (Å²) in [6, 6.07) is 20.6. The molecular weight excluding hydrogens is 428 g/mol. The van der Waals surface area contributed by atoms with E-state index in [2.05, 4.69) is 46.4 Å². The number of nitrogens with zero attached hydrogens (tertiary/aromatic N) is 2. The molecule has 0 saturated carbocycles. The minimum Gasteiger partial charge on any atom is -0.355 e. The van der Waals surface area contributed by atoms with E-state index in [1.165, 1.54) is 25.7 Å². The molecule has 2 N–H and O–H groups in total. The zero-order valence-electron chi connectivity index (χ0n) is 19.8.